The number of rotatable bonds is 5. The maximum atomic E-state index is 12.9. The summed E-state index contributed by atoms with van der Waals surface area (Å²) in [6.45, 7) is 0. The van der Waals surface area contributed by atoms with Gasteiger partial charge >= 0.3 is 12.1 Å². The van der Waals surface area contributed by atoms with Crippen LogP contribution >= 0.6 is 15.9 Å². The molecule has 20 heavy (non-hydrogen) atoms. The molecule has 4 nitrogen and oxygen atoms in total. The molecule has 2 unspecified atom stereocenters. The number of aromatic carboxylic acids is 1. The third-order valence-electron chi connectivity index (χ3n) is 2.69. The minimum Gasteiger partial charge on any atom is -0.478 e. The second-order valence-corrected chi connectivity index (χ2v) is 4.89. The number of alkyl halides is 4. The molecule has 2 atom stereocenters. The molecule has 1 rings (SSSR count). The number of benzene rings is 1. The molecule has 0 radical (unpaired) electrons. The predicted molar refractivity (Wildman–Crippen MR) is 67.8 cm³/mol. The fourth-order valence-electron chi connectivity index (χ4n) is 1.67. The van der Waals surface area contributed by atoms with Crippen molar-refractivity contribution in [2.24, 2.45) is 0 Å². The van der Waals surface area contributed by atoms with Crippen LogP contribution in [0.2, 0.25) is 0 Å². The van der Waals surface area contributed by atoms with Crippen LogP contribution in [0.5, 0.6) is 0 Å². The average molecular weight is 357 g/mol. The quantitative estimate of drug-likeness (QED) is 0.708. The Labute approximate surface area is 121 Å². The highest BCUT2D eigenvalue weighted by Gasteiger charge is 2.37. The molecule has 0 aliphatic carbocycles. The lowest BCUT2D eigenvalue weighted by atomic mass is 9.95. The number of hydrogen-bond donors (Lipinski definition) is 3. The molecule has 1 aromatic rings. The fraction of sp³-hybridized carbons (Fsp3) is 0.417. The third-order valence-corrected chi connectivity index (χ3v) is 3.15. The maximum Gasteiger partial charge on any atom is 0.416 e. The minimum absolute atomic E-state index is 0.0547. The lowest BCUT2D eigenvalue weighted by Gasteiger charge is -2.21. The van der Waals surface area contributed by atoms with Crippen molar-refractivity contribution in [1.29, 1.82) is 0 Å². The summed E-state index contributed by atoms with van der Waals surface area (Å²) in [5.74, 6) is -1.50. The van der Waals surface area contributed by atoms with Crippen LogP contribution in [-0.2, 0) is 6.18 Å². The van der Waals surface area contributed by atoms with Crippen LogP contribution in [0.25, 0.3) is 0 Å². The molecular formula is C12H12BrF3O4. The van der Waals surface area contributed by atoms with E-state index >= 15 is 0 Å². The normalized spacial score (nSPS) is 14.9. The Hall–Kier alpha value is -1.12. The summed E-state index contributed by atoms with van der Waals surface area (Å²) in [5, 5.41) is 28.4. The van der Waals surface area contributed by atoms with E-state index in [9.17, 15) is 28.2 Å². The number of halogens is 4. The lowest BCUT2D eigenvalue weighted by Crippen LogP contribution is -2.22. The zero-order valence-electron chi connectivity index (χ0n) is 10.1. The number of carbonyl (C=O) groups is 1. The van der Waals surface area contributed by atoms with Gasteiger partial charge in [0.1, 0.15) is 6.10 Å². The first-order valence-corrected chi connectivity index (χ1v) is 6.67. The first kappa shape index (κ1) is 16.9. The van der Waals surface area contributed by atoms with E-state index in [1.165, 1.54) is 0 Å². The van der Waals surface area contributed by atoms with Gasteiger partial charge in [0.15, 0.2) is 0 Å². The van der Waals surface area contributed by atoms with E-state index < -0.39 is 41.0 Å². The largest absolute Gasteiger partial charge is 0.478 e. The van der Waals surface area contributed by atoms with Gasteiger partial charge in [-0.15, -0.1) is 0 Å². The topological polar surface area (TPSA) is 77.8 Å². The smallest absolute Gasteiger partial charge is 0.416 e. The number of aliphatic hydroxyl groups excluding tert-OH is 2. The van der Waals surface area contributed by atoms with E-state index in [-0.39, 0.29) is 6.42 Å². The minimum atomic E-state index is -4.82. The Kier molecular flexibility index (Phi) is 5.55. The van der Waals surface area contributed by atoms with Gasteiger partial charge in [-0.05, 0) is 24.1 Å². The van der Waals surface area contributed by atoms with Crippen LogP contribution in [0.3, 0.4) is 0 Å². The van der Waals surface area contributed by atoms with Gasteiger partial charge in [0.05, 0.1) is 17.2 Å². The lowest BCUT2D eigenvalue weighted by molar-refractivity contribution is -0.140. The fourth-order valence-corrected chi connectivity index (χ4v) is 2.14. The van der Waals surface area contributed by atoms with E-state index in [2.05, 4.69) is 15.9 Å². The predicted octanol–water partition coefficient (Wildman–Crippen LogP) is 2.58. The molecule has 3 N–H and O–H groups in total. The molecule has 112 valence electrons. The van der Waals surface area contributed by atoms with E-state index in [4.69, 9.17) is 5.11 Å². The zero-order chi connectivity index (χ0) is 15.5. The number of aliphatic hydroxyl groups is 2. The molecule has 0 spiro atoms. The number of carboxylic acids is 1. The second-order valence-electron chi connectivity index (χ2n) is 4.09. The molecule has 0 aliphatic rings. The first-order valence-electron chi connectivity index (χ1n) is 5.55. The highest BCUT2D eigenvalue weighted by molar-refractivity contribution is 9.09. The van der Waals surface area contributed by atoms with Gasteiger partial charge in [-0.25, -0.2) is 4.79 Å². The van der Waals surface area contributed by atoms with Crippen molar-refractivity contribution in [3.05, 3.63) is 34.9 Å². The van der Waals surface area contributed by atoms with Crippen molar-refractivity contribution >= 4 is 21.9 Å². The van der Waals surface area contributed by atoms with E-state index in [0.717, 1.165) is 12.1 Å². The summed E-state index contributed by atoms with van der Waals surface area (Å²) >= 11 is 3.01. The molecule has 1 aromatic carbocycles. The van der Waals surface area contributed by atoms with Crippen molar-refractivity contribution < 1.29 is 33.3 Å². The van der Waals surface area contributed by atoms with Gasteiger partial charge in [0.25, 0.3) is 0 Å². The summed E-state index contributed by atoms with van der Waals surface area (Å²) in [6, 6.07) is 2.27. The van der Waals surface area contributed by atoms with Crippen LogP contribution in [0, 0.1) is 0 Å². The van der Waals surface area contributed by atoms with Gasteiger partial charge in [0.2, 0.25) is 0 Å². The molecule has 0 aliphatic heterocycles. The van der Waals surface area contributed by atoms with Crippen LogP contribution in [0.1, 0.15) is 34.0 Å². The van der Waals surface area contributed by atoms with Crippen LogP contribution in [0.15, 0.2) is 18.2 Å². The highest BCUT2D eigenvalue weighted by Crippen LogP contribution is 2.36. The molecule has 0 heterocycles. The summed E-state index contributed by atoms with van der Waals surface area (Å²) in [7, 11) is 0. The van der Waals surface area contributed by atoms with Crippen LogP contribution in [0.4, 0.5) is 13.2 Å². The van der Waals surface area contributed by atoms with Gasteiger partial charge < -0.3 is 15.3 Å². The zero-order valence-corrected chi connectivity index (χ0v) is 11.6. The molecule has 8 heteroatoms. The first-order chi connectivity index (χ1) is 9.18. The Morgan fingerprint density at radius 2 is 1.90 bits per heavy atom. The van der Waals surface area contributed by atoms with E-state index in [1.807, 2.05) is 0 Å². The monoisotopic (exact) mass is 356 g/mol. The van der Waals surface area contributed by atoms with Crippen LogP contribution in [-0.4, -0.2) is 32.7 Å². The van der Waals surface area contributed by atoms with Crippen LogP contribution < -0.4 is 0 Å². The van der Waals surface area contributed by atoms with E-state index in [0.29, 0.717) is 11.4 Å². The van der Waals surface area contributed by atoms with Gasteiger partial charge in [-0.1, -0.05) is 22.0 Å². The average Bonchev–Trinajstić information content (AvgIpc) is 2.36. The Morgan fingerprint density at radius 1 is 1.30 bits per heavy atom. The van der Waals surface area contributed by atoms with Crippen molar-refractivity contribution in [2.45, 2.75) is 24.8 Å². The standard InChI is InChI=1S/C12H12BrF3O4/c13-4-3-9(17)10(18)7-2-1-6(11(19)20)5-8(7)12(14,15)16/h1-2,5,9-10,17-18H,3-4H2,(H,19,20). The molecule has 0 saturated carbocycles. The van der Waals surface area contributed by atoms with Gasteiger partial charge in [-0.3, -0.25) is 0 Å². The summed E-state index contributed by atoms with van der Waals surface area (Å²) < 4.78 is 38.7. The molecule has 0 aromatic heterocycles. The van der Waals surface area contributed by atoms with Gasteiger partial charge in [-0.2, -0.15) is 13.2 Å². The third kappa shape index (κ3) is 3.94. The van der Waals surface area contributed by atoms with Crippen molar-refractivity contribution in [3.8, 4) is 0 Å². The van der Waals surface area contributed by atoms with Crippen molar-refractivity contribution in [3.63, 3.8) is 0 Å². The molecule has 0 fully saturated rings. The maximum absolute atomic E-state index is 12.9. The highest BCUT2D eigenvalue weighted by atomic mass is 79.9. The summed E-state index contributed by atoms with van der Waals surface area (Å²) in [5.41, 5.74) is -2.35. The Morgan fingerprint density at radius 3 is 2.35 bits per heavy atom. The second kappa shape index (κ2) is 6.55. The number of carboxylic acid groups (broad SMARTS) is 1. The number of hydrogen-bond acceptors (Lipinski definition) is 3. The van der Waals surface area contributed by atoms with Crippen molar-refractivity contribution in [1.82, 2.24) is 0 Å². The Balaban J connectivity index is 3.28. The Bertz CT molecular complexity index is 490. The molecule has 0 saturated heterocycles. The SMILES string of the molecule is O=C(O)c1ccc(C(O)C(O)CCBr)c(C(F)(F)F)c1. The summed E-state index contributed by atoms with van der Waals surface area (Å²) in [4.78, 5) is 10.7. The van der Waals surface area contributed by atoms with Crippen molar-refractivity contribution in [2.75, 3.05) is 5.33 Å². The molecular weight excluding hydrogens is 345 g/mol. The molecule has 0 amide bonds. The van der Waals surface area contributed by atoms with Gasteiger partial charge in [0, 0.05) is 5.33 Å². The molecule has 0 bridgehead atoms. The van der Waals surface area contributed by atoms with E-state index in [1.54, 1.807) is 0 Å². The summed E-state index contributed by atoms with van der Waals surface area (Å²) in [6.07, 6.45) is -7.90.